The number of carbonyl (C=O) groups excluding carboxylic acids is 3. The molecule has 67 heavy (non-hydrogen) atoms. The van der Waals surface area contributed by atoms with E-state index in [-0.39, 0.29) is 46.2 Å². The Bertz CT molecular complexity index is 2690. The molecular formula is C49H58FN9O6S2. The van der Waals surface area contributed by atoms with Crippen LogP contribution in [-0.2, 0) is 29.8 Å². The minimum absolute atomic E-state index is 0.0529. The number of nitrogens with one attached hydrogen (secondary N) is 4. The number of rotatable bonds is 15. The standard InChI is InChI=1S/C49H58FN9O6S2/c1-5-28-67(63,64)57-38-11-7-10-37(43(38)50)44-45(66-47(56-44)49(2,3)4)39-18-23-51-48(54-39)53-34-8-6-9-36(29-34)65-35-21-26-59(27-22-35)42(61)30-58-24-19-32(20-25-58)31-12-14-33(15-13-31)52-40-16-17-41(60)55-46(40)62/h6-15,18,23,29,32,35,40,52,57H,5,16-17,19-22,24-28,30H2,1-4H3,(H,51,53,54)(H,55,60,62)/t40-/m1/s1. The van der Waals surface area contributed by atoms with Gasteiger partial charge in [-0.15, -0.1) is 11.3 Å². The van der Waals surface area contributed by atoms with Gasteiger partial charge in [0.25, 0.3) is 0 Å². The largest absolute Gasteiger partial charge is 0.490 e. The number of amides is 3. The first-order chi connectivity index (χ1) is 32.1. The summed E-state index contributed by atoms with van der Waals surface area (Å²) < 4.78 is 50.0. The van der Waals surface area contributed by atoms with Crippen LogP contribution in [0.5, 0.6) is 5.75 Å². The Kier molecular flexibility index (Phi) is 14.5. The van der Waals surface area contributed by atoms with Gasteiger partial charge in [-0.2, -0.15) is 0 Å². The zero-order valence-corrected chi connectivity index (χ0v) is 39.9. The summed E-state index contributed by atoms with van der Waals surface area (Å²) in [6, 6.07) is 21.7. The topological polar surface area (TPSA) is 188 Å². The first-order valence-electron chi connectivity index (χ1n) is 23.0. The third kappa shape index (κ3) is 12.0. The van der Waals surface area contributed by atoms with Crippen LogP contribution in [0.1, 0.15) is 89.1 Å². The summed E-state index contributed by atoms with van der Waals surface area (Å²) >= 11 is 1.40. The number of imide groups is 1. The van der Waals surface area contributed by atoms with E-state index in [1.807, 2.05) is 62.1 Å². The third-order valence-electron chi connectivity index (χ3n) is 12.2. The van der Waals surface area contributed by atoms with E-state index in [2.05, 4.69) is 42.7 Å². The third-order valence-corrected chi connectivity index (χ3v) is 15.2. The van der Waals surface area contributed by atoms with Crippen molar-refractivity contribution in [1.29, 1.82) is 0 Å². The Labute approximate surface area is 395 Å². The van der Waals surface area contributed by atoms with Gasteiger partial charge in [0.2, 0.25) is 33.7 Å². The summed E-state index contributed by atoms with van der Waals surface area (Å²) in [6.45, 7) is 11.2. The van der Waals surface area contributed by atoms with Gasteiger partial charge in [0.1, 0.15) is 17.9 Å². The van der Waals surface area contributed by atoms with Crippen LogP contribution in [0.15, 0.2) is 79.0 Å². The molecule has 3 fully saturated rings. The van der Waals surface area contributed by atoms with Gasteiger partial charge in [-0.3, -0.25) is 29.3 Å². The number of sulfonamides is 1. The highest BCUT2D eigenvalue weighted by atomic mass is 32.2. The van der Waals surface area contributed by atoms with Crippen LogP contribution in [0.4, 0.5) is 27.4 Å². The fourth-order valence-electron chi connectivity index (χ4n) is 8.61. The number of aromatic nitrogens is 3. The number of nitrogens with zero attached hydrogens (tertiary/aromatic N) is 5. The molecule has 1 atom stereocenters. The van der Waals surface area contributed by atoms with Crippen LogP contribution in [-0.4, -0.2) is 102 Å². The summed E-state index contributed by atoms with van der Waals surface area (Å²) in [6.07, 6.45) is 6.14. The van der Waals surface area contributed by atoms with Crippen molar-refractivity contribution in [3.63, 3.8) is 0 Å². The average molecular weight is 952 g/mol. The van der Waals surface area contributed by atoms with Crippen molar-refractivity contribution < 1.29 is 31.9 Å². The molecule has 18 heteroatoms. The number of thiazole rings is 1. The van der Waals surface area contributed by atoms with Crippen molar-refractivity contribution in [2.75, 3.05) is 53.8 Å². The lowest BCUT2D eigenvalue weighted by molar-refractivity contribution is -0.135. The summed E-state index contributed by atoms with van der Waals surface area (Å²) in [4.78, 5) is 56.0. The lowest BCUT2D eigenvalue weighted by atomic mass is 9.89. The van der Waals surface area contributed by atoms with Gasteiger partial charge in [-0.1, -0.05) is 52.0 Å². The van der Waals surface area contributed by atoms with E-state index in [1.54, 1.807) is 31.3 Å². The van der Waals surface area contributed by atoms with E-state index in [0.717, 1.165) is 36.6 Å². The van der Waals surface area contributed by atoms with E-state index in [4.69, 9.17) is 14.7 Å². The summed E-state index contributed by atoms with van der Waals surface area (Å²) in [5.74, 6) is 0.190. The fourth-order valence-corrected chi connectivity index (χ4v) is 10.9. The van der Waals surface area contributed by atoms with E-state index in [1.165, 1.54) is 23.0 Å². The molecule has 0 spiro atoms. The number of hydrogen-bond acceptors (Lipinski definition) is 13. The number of carbonyl (C=O) groups is 3. The molecular weight excluding hydrogens is 894 g/mol. The Morgan fingerprint density at radius 1 is 0.925 bits per heavy atom. The van der Waals surface area contributed by atoms with Gasteiger partial charge in [-0.25, -0.2) is 27.8 Å². The molecule has 3 saturated heterocycles. The fraction of sp³-hybridized carbons (Fsp3) is 0.429. The predicted octanol–water partition coefficient (Wildman–Crippen LogP) is 8.07. The molecule has 15 nitrogen and oxygen atoms in total. The lowest BCUT2D eigenvalue weighted by Crippen LogP contribution is -2.47. The number of halogens is 1. The average Bonchev–Trinajstić information content (AvgIpc) is 3.76. The smallest absolute Gasteiger partial charge is 0.249 e. The van der Waals surface area contributed by atoms with Crippen molar-refractivity contribution in [2.24, 2.45) is 0 Å². The van der Waals surface area contributed by atoms with E-state index >= 15 is 4.39 Å². The number of ether oxygens (including phenoxy) is 1. The first kappa shape index (κ1) is 47.5. The molecule has 0 saturated carbocycles. The maximum Gasteiger partial charge on any atom is 0.249 e. The SMILES string of the molecule is CCCS(=O)(=O)Nc1cccc(-c2nc(C(C)(C)C)sc2-c2ccnc(Nc3cccc(OC4CCN(C(=O)CN5CCC(c6ccc(N[C@@H]7CCC(=O)NC7=O)cc6)CC5)CC4)c3)n2)c1F. The number of hydrogen-bond donors (Lipinski definition) is 4. The van der Waals surface area contributed by atoms with E-state index in [0.29, 0.717) is 91.3 Å². The number of piperidine rings is 3. The van der Waals surface area contributed by atoms with Crippen molar-refractivity contribution in [1.82, 2.24) is 30.1 Å². The van der Waals surface area contributed by atoms with Crippen molar-refractivity contribution >= 4 is 62.1 Å². The number of benzene rings is 3. The number of anilines is 4. The van der Waals surface area contributed by atoms with Gasteiger partial charge in [0.05, 0.1) is 39.3 Å². The summed E-state index contributed by atoms with van der Waals surface area (Å²) in [7, 11) is -3.73. The zero-order valence-electron chi connectivity index (χ0n) is 38.3. The molecule has 0 radical (unpaired) electrons. The molecule has 0 aliphatic carbocycles. The zero-order chi connectivity index (χ0) is 47.3. The van der Waals surface area contributed by atoms with E-state index in [9.17, 15) is 22.8 Å². The molecule has 0 unspecified atom stereocenters. The minimum Gasteiger partial charge on any atom is -0.490 e. The number of likely N-dealkylation sites (tertiary alicyclic amines) is 2. The van der Waals surface area contributed by atoms with E-state index < -0.39 is 21.9 Å². The Balaban J connectivity index is 0.833. The molecule has 3 aliphatic heterocycles. The molecule has 0 bridgehead atoms. The molecule has 3 amide bonds. The molecule has 2 aromatic heterocycles. The first-order valence-corrected chi connectivity index (χ1v) is 25.5. The van der Waals surface area contributed by atoms with Gasteiger partial charge in [-0.05, 0) is 92.7 Å². The van der Waals surface area contributed by atoms with Crippen LogP contribution in [0, 0.1) is 5.82 Å². The Morgan fingerprint density at radius 2 is 1.67 bits per heavy atom. The molecule has 4 N–H and O–H groups in total. The lowest BCUT2D eigenvalue weighted by Gasteiger charge is -2.36. The predicted molar refractivity (Wildman–Crippen MR) is 260 cm³/mol. The normalized spacial score (nSPS) is 17.8. The highest BCUT2D eigenvalue weighted by molar-refractivity contribution is 7.92. The Hall–Kier alpha value is -5.98. The molecule has 5 heterocycles. The van der Waals surface area contributed by atoms with Crippen LogP contribution in [0.2, 0.25) is 0 Å². The van der Waals surface area contributed by atoms with Crippen molar-refractivity contribution in [2.45, 2.75) is 96.1 Å². The highest BCUT2D eigenvalue weighted by Crippen LogP contribution is 2.42. The molecule has 3 aromatic carbocycles. The minimum atomic E-state index is -3.73. The van der Waals surface area contributed by atoms with Gasteiger partial charge >= 0.3 is 0 Å². The highest BCUT2D eigenvalue weighted by Gasteiger charge is 2.30. The second kappa shape index (κ2) is 20.5. The summed E-state index contributed by atoms with van der Waals surface area (Å²) in [5, 5.41) is 9.68. The van der Waals surface area contributed by atoms with Gasteiger partial charge in [0.15, 0.2) is 5.82 Å². The van der Waals surface area contributed by atoms with Gasteiger partial charge in [0, 0.05) is 67.0 Å². The maximum absolute atomic E-state index is 16.1. The van der Waals surface area contributed by atoms with Crippen LogP contribution < -0.4 is 25.4 Å². The van der Waals surface area contributed by atoms with Crippen LogP contribution in [0.3, 0.4) is 0 Å². The molecule has 8 rings (SSSR count). The quantitative estimate of drug-likeness (QED) is 0.0741. The molecule has 354 valence electrons. The summed E-state index contributed by atoms with van der Waals surface area (Å²) in [5.41, 5.74) is 3.37. The monoisotopic (exact) mass is 951 g/mol. The van der Waals surface area contributed by atoms with Gasteiger partial charge < -0.3 is 20.3 Å². The van der Waals surface area contributed by atoms with Crippen molar-refractivity contribution in [3.05, 3.63) is 95.4 Å². The molecule has 5 aromatic rings. The van der Waals surface area contributed by atoms with Crippen molar-refractivity contribution in [3.8, 4) is 27.6 Å². The maximum atomic E-state index is 16.1. The Morgan fingerprint density at radius 3 is 2.39 bits per heavy atom. The second-order valence-corrected chi connectivity index (χ2v) is 21.3. The van der Waals surface area contributed by atoms with Crippen LogP contribution >= 0.6 is 11.3 Å². The second-order valence-electron chi connectivity index (χ2n) is 18.5. The molecule has 3 aliphatic rings. The van der Waals surface area contributed by atoms with Crippen LogP contribution in [0.25, 0.3) is 21.8 Å².